The van der Waals surface area contributed by atoms with E-state index >= 15 is 0 Å². The van der Waals surface area contributed by atoms with Gasteiger partial charge >= 0.3 is 0 Å². The molecule has 206 valence electrons. The summed E-state index contributed by atoms with van der Waals surface area (Å²) in [5.41, 5.74) is 3.37. The number of hydrogen-bond acceptors (Lipinski definition) is 6. The number of nitrogens with one attached hydrogen (secondary N) is 2. The number of aromatic nitrogens is 4. The molecule has 0 bridgehead atoms. The highest BCUT2D eigenvalue weighted by atomic mass is 19.1. The van der Waals surface area contributed by atoms with Crippen molar-refractivity contribution in [2.75, 3.05) is 25.5 Å². The summed E-state index contributed by atoms with van der Waals surface area (Å²) >= 11 is 0. The predicted molar refractivity (Wildman–Crippen MR) is 148 cm³/mol. The summed E-state index contributed by atoms with van der Waals surface area (Å²) in [6, 6.07) is 10.2. The van der Waals surface area contributed by atoms with Crippen molar-refractivity contribution in [1.82, 2.24) is 29.5 Å². The lowest BCUT2D eigenvalue weighted by Crippen LogP contribution is -2.46. The minimum atomic E-state index is -0.928. The van der Waals surface area contributed by atoms with Gasteiger partial charge in [0, 0.05) is 49.1 Å². The number of hydrogen-bond donors (Lipinski definition) is 2. The number of halogens is 1. The first-order chi connectivity index (χ1) is 19.0. The number of rotatable bonds is 8. The average Bonchev–Trinajstić information content (AvgIpc) is 3.74. The lowest BCUT2D eigenvalue weighted by molar-refractivity contribution is 0.0946. The monoisotopic (exact) mass is 533 g/mol. The highest BCUT2D eigenvalue weighted by Crippen LogP contribution is 2.33. The summed E-state index contributed by atoms with van der Waals surface area (Å²) in [6.45, 7) is 4.22. The molecule has 2 aliphatic rings. The van der Waals surface area contributed by atoms with Crippen molar-refractivity contribution in [1.29, 1.82) is 0 Å². The second-order valence-electron chi connectivity index (χ2n) is 10.8. The van der Waals surface area contributed by atoms with E-state index in [1.165, 1.54) is 25.7 Å². The van der Waals surface area contributed by atoms with Crippen LogP contribution in [0.3, 0.4) is 0 Å². The van der Waals surface area contributed by atoms with Gasteiger partial charge in [-0.25, -0.2) is 4.39 Å². The van der Waals surface area contributed by atoms with Crippen LogP contribution in [0.4, 0.5) is 10.1 Å². The molecule has 9 nitrogen and oxygen atoms in total. The molecule has 2 fully saturated rings. The fourth-order valence-electron chi connectivity index (χ4n) is 6.02. The van der Waals surface area contributed by atoms with Crippen molar-refractivity contribution < 1.29 is 13.7 Å². The first-order valence-electron chi connectivity index (χ1n) is 14.0. The van der Waals surface area contributed by atoms with Gasteiger partial charge in [0.05, 0.1) is 29.4 Å². The number of nitrogens with zero attached hydrogens (tertiary/aromatic N) is 5. The van der Waals surface area contributed by atoms with Crippen LogP contribution >= 0.6 is 0 Å². The van der Waals surface area contributed by atoms with Crippen LogP contribution in [-0.4, -0.2) is 62.4 Å². The smallest absolute Gasteiger partial charge is 0.253 e. The third-order valence-corrected chi connectivity index (χ3v) is 8.17. The van der Waals surface area contributed by atoms with Crippen molar-refractivity contribution in [2.45, 2.75) is 70.4 Å². The Kier molecular flexibility index (Phi) is 7.12. The minimum absolute atomic E-state index is 0.146. The van der Waals surface area contributed by atoms with E-state index in [1.54, 1.807) is 0 Å². The molecule has 0 spiro atoms. The summed E-state index contributed by atoms with van der Waals surface area (Å²) in [6.07, 6.45) is 8.56. The van der Waals surface area contributed by atoms with E-state index in [2.05, 4.69) is 36.8 Å². The first-order valence-corrected chi connectivity index (χ1v) is 14.0. The Bertz CT molecular complexity index is 1450. The molecular formula is C29H36FN7O2. The fourth-order valence-corrected chi connectivity index (χ4v) is 6.02. The summed E-state index contributed by atoms with van der Waals surface area (Å²) in [4.78, 5) is 19.3. The summed E-state index contributed by atoms with van der Waals surface area (Å²) in [5.74, 6) is 0.634. The second-order valence-corrected chi connectivity index (χ2v) is 10.8. The Morgan fingerprint density at radius 1 is 1.21 bits per heavy atom. The van der Waals surface area contributed by atoms with E-state index in [4.69, 9.17) is 4.52 Å². The molecule has 6 rings (SSSR count). The number of likely N-dealkylation sites (tertiary alicyclic amines) is 1. The molecule has 1 aliphatic carbocycles. The van der Waals surface area contributed by atoms with Crippen LogP contribution in [-0.2, 0) is 13.1 Å². The normalized spacial score (nSPS) is 20.6. The maximum atomic E-state index is 14.7. The van der Waals surface area contributed by atoms with Gasteiger partial charge in [-0.3, -0.25) is 4.79 Å². The third-order valence-electron chi connectivity index (χ3n) is 8.17. The molecule has 1 aromatic carbocycles. The number of anilines is 1. The van der Waals surface area contributed by atoms with Gasteiger partial charge in [-0.15, -0.1) is 0 Å². The molecule has 1 unspecified atom stereocenters. The summed E-state index contributed by atoms with van der Waals surface area (Å²) in [5, 5.41) is 11.6. The molecule has 1 aliphatic heterocycles. The van der Waals surface area contributed by atoms with Crippen molar-refractivity contribution in [3.8, 4) is 11.5 Å². The van der Waals surface area contributed by atoms with Gasteiger partial charge in [-0.05, 0) is 57.5 Å². The standard InChI is InChI=1S/C29H36FN7O2/c1-3-37-25-10-6-9-23(32-24-12-13-35(2)18-22(24)30)21(25)15-26(37)28-33-27(39-34-28)16-31-29(38)19-11-14-36(17-19)20-7-4-5-8-20/h6,9-11,14-15,17,20,22,24,32H,3-5,7-8,12-13,16,18H2,1-2H3,(H,31,38)/t22?,24-/m1/s1. The largest absolute Gasteiger partial charge is 0.379 e. The Balaban J connectivity index is 1.17. The molecule has 10 heteroatoms. The molecule has 4 aromatic rings. The van der Waals surface area contributed by atoms with Crippen LogP contribution in [0.1, 0.15) is 61.3 Å². The summed E-state index contributed by atoms with van der Waals surface area (Å²) < 4.78 is 24.5. The number of piperidine rings is 1. The van der Waals surface area contributed by atoms with Gasteiger partial charge in [0.15, 0.2) is 0 Å². The molecular weight excluding hydrogens is 497 g/mol. The van der Waals surface area contributed by atoms with Crippen LogP contribution in [0.25, 0.3) is 22.4 Å². The van der Waals surface area contributed by atoms with Gasteiger partial charge in [-0.2, -0.15) is 4.98 Å². The van der Waals surface area contributed by atoms with Crippen LogP contribution in [0.5, 0.6) is 0 Å². The molecule has 0 radical (unpaired) electrons. The Morgan fingerprint density at radius 2 is 2.05 bits per heavy atom. The molecule has 2 N–H and O–H groups in total. The minimum Gasteiger partial charge on any atom is -0.379 e. The van der Waals surface area contributed by atoms with E-state index in [1.807, 2.05) is 54.7 Å². The van der Waals surface area contributed by atoms with E-state index in [-0.39, 0.29) is 18.5 Å². The van der Waals surface area contributed by atoms with Gasteiger partial charge in [-0.1, -0.05) is 24.1 Å². The van der Waals surface area contributed by atoms with Gasteiger partial charge in [0.2, 0.25) is 11.7 Å². The topological polar surface area (TPSA) is 93.2 Å². The van der Waals surface area contributed by atoms with E-state index < -0.39 is 6.17 Å². The van der Waals surface area contributed by atoms with Crippen LogP contribution in [0.15, 0.2) is 47.2 Å². The van der Waals surface area contributed by atoms with Crippen LogP contribution in [0, 0.1) is 0 Å². The number of carbonyl (C=O) groups is 1. The lowest BCUT2D eigenvalue weighted by atomic mass is 10.0. The van der Waals surface area contributed by atoms with Crippen molar-refractivity contribution in [2.24, 2.45) is 0 Å². The van der Waals surface area contributed by atoms with Crippen LogP contribution < -0.4 is 10.6 Å². The molecule has 1 amide bonds. The highest BCUT2D eigenvalue weighted by Gasteiger charge is 2.28. The number of fused-ring (bicyclic) bond motifs is 1. The SMILES string of the molecule is CCn1c(-c2noc(CNC(=O)c3ccn(C4CCCC4)c3)n2)cc2c(N[C@@H]3CCN(C)CC3F)cccc21. The number of carbonyl (C=O) groups excluding carboxylic acids is 1. The van der Waals surface area contributed by atoms with Gasteiger partial charge in [0.1, 0.15) is 6.17 Å². The van der Waals surface area contributed by atoms with Gasteiger partial charge in [0.25, 0.3) is 5.91 Å². The zero-order valence-corrected chi connectivity index (χ0v) is 22.6. The number of amides is 1. The van der Waals surface area contributed by atoms with Crippen molar-refractivity contribution >= 4 is 22.5 Å². The fraction of sp³-hybridized carbons (Fsp3) is 0.483. The zero-order chi connectivity index (χ0) is 26.9. The van der Waals surface area contributed by atoms with Crippen molar-refractivity contribution in [3.63, 3.8) is 0 Å². The van der Waals surface area contributed by atoms with E-state index in [0.29, 0.717) is 36.4 Å². The molecule has 2 atom stereocenters. The highest BCUT2D eigenvalue weighted by molar-refractivity contribution is 5.96. The maximum absolute atomic E-state index is 14.7. The molecule has 1 saturated carbocycles. The number of alkyl halides is 1. The average molecular weight is 534 g/mol. The maximum Gasteiger partial charge on any atom is 0.253 e. The second kappa shape index (κ2) is 10.8. The van der Waals surface area contributed by atoms with Crippen molar-refractivity contribution in [3.05, 3.63) is 54.2 Å². The molecule has 1 saturated heterocycles. The zero-order valence-electron chi connectivity index (χ0n) is 22.6. The predicted octanol–water partition coefficient (Wildman–Crippen LogP) is 5.01. The number of aryl methyl sites for hydroxylation is 1. The van der Waals surface area contributed by atoms with E-state index in [0.717, 1.165) is 35.2 Å². The Hall–Kier alpha value is -3.66. The first kappa shape index (κ1) is 25.6. The Labute approximate surface area is 227 Å². The third kappa shape index (κ3) is 5.17. The lowest BCUT2D eigenvalue weighted by Gasteiger charge is -2.33. The van der Waals surface area contributed by atoms with Crippen LogP contribution in [0.2, 0.25) is 0 Å². The molecule has 39 heavy (non-hydrogen) atoms. The van der Waals surface area contributed by atoms with Gasteiger partial charge < -0.3 is 29.2 Å². The molecule has 3 aromatic heterocycles. The quantitative estimate of drug-likeness (QED) is 0.331. The Morgan fingerprint density at radius 3 is 2.85 bits per heavy atom. The number of benzene rings is 1. The molecule has 4 heterocycles. The van der Waals surface area contributed by atoms with E-state index in [9.17, 15) is 9.18 Å². The summed E-state index contributed by atoms with van der Waals surface area (Å²) in [7, 11) is 1.95.